The molecule has 6 heteroatoms. The summed E-state index contributed by atoms with van der Waals surface area (Å²) >= 11 is 0. The van der Waals surface area contributed by atoms with Gasteiger partial charge in [-0.05, 0) is 42.2 Å². The number of carbonyl (C=O) groups excluding carboxylic acids is 1. The summed E-state index contributed by atoms with van der Waals surface area (Å²) in [7, 11) is 0.532. The van der Waals surface area contributed by atoms with Gasteiger partial charge in [-0.3, -0.25) is 14.4 Å². The van der Waals surface area contributed by atoms with Crippen LogP contribution in [0.4, 0.5) is 0 Å². The fourth-order valence-electron chi connectivity index (χ4n) is 2.43. The van der Waals surface area contributed by atoms with E-state index in [0.29, 0.717) is 12.2 Å². The number of nitrogens with one attached hydrogen (secondary N) is 2. The van der Waals surface area contributed by atoms with Crippen molar-refractivity contribution < 1.29 is 13.7 Å². The third-order valence-corrected chi connectivity index (χ3v) is 4.73. The number of ether oxygens (including phenoxy) is 1. The predicted molar refractivity (Wildman–Crippen MR) is 87.8 cm³/mol. The van der Waals surface area contributed by atoms with Crippen LogP contribution < -0.4 is 15.6 Å². The molecule has 1 saturated heterocycles. The first-order valence-electron chi connectivity index (χ1n) is 7.16. The van der Waals surface area contributed by atoms with Crippen LogP contribution >= 0.6 is 0 Å². The number of methoxy groups -OCH3 is 1. The molecule has 1 heterocycles. The van der Waals surface area contributed by atoms with Crippen molar-refractivity contribution >= 4 is 22.3 Å². The lowest BCUT2D eigenvalue weighted by Crippen LogP contribution is -2.52. The molecule has 3 atom stereocenters. The predicted octanol–water partition coefficient (Wildman–Crippen LogP) is 1.87. The van der Waals surface area contributed by atoms with Crippen molar-refractivity contribution in [3.05, 3.63) is 29.8 Å². The van der Waals surface area contributed by atoms with Crippen LogP contribution in [0.1, 0.15) is 25.8 Å². The summed E-state index contributed by atoms with van der Waals surface area (Å²) in [6.07, 6.45) is 4.24. The zero-order valence-corrected chi connectivity index (χ0v) is 14.1. The van der Waals surface area contributed by atoms with E-state index in [1.165, 1.54) is 0 Å². The first-order chi connectivity index (χ1) is 10.4. The van der Waals surface area contributed by atoms with E-state index in [2.05, 4.69) is 16.9 Å². The Bertz CT molecular complexity index is 628. The molecule has 1 aliphatic heterocycles. The molecule has 0 radical (unpaired) electrons. The monoisotopic (exact) mass is 322 g/mol. The van der Waals surface area contributed by atoms with E-state index in [1.54, 1.807) is 19.4 Å². The molecular formula is C16H22N2O3S. The largest absolute Gasteiger partial charge is 0.497 e. The highest BCUT2D eigenvalue weighted by Crippen LogP contribution is 2.26. The summed E-state index contributed by atoms with van der Waals surface area (Å²) in [6, 6.07) is 5.69. The summed E-state index contributed by atoms with van der Waals surface area (Å²) in [4.78, 5) is 12.1. The maximum atomic E-state index is 11.7. The van der Waals surface area contributed by atoms with Crippen molar-refractivity contribution in [2.24, 2.45) is 5.92 Å². The number of hydrogen-bond acceptors (Lipinski definition) is 4. The topological polar surface area (TPSA) is 67.4 Å². The van der Waals surface area contributed by atoms with Crippen LogP contribution in [0.3, 0.4) is 0 Å². The van der Waals surface area contributed by atoms with E-state index >= 15 is 0 Å². The lowest BCUT2D eigenvalue weighted by Gasteiger charge is -2.28. The Kier molecular flexibility index (Phi) is 5.37. The fourth-order valence-corrected chi connectivity index (χ4v) is 3.01. The number of benzene rings is 1. The van der Waals surface area contributed by atoms with Crippen molar-refractivity contribution in [2.45, 2.75) is 31.2 Å². The van der Waals surface area contributed by atoms with Crippen LogP contribution in [0.15, 0.2) is 29.2 Å². The number of rotatable bonds is 4. The summed E-state index contributed by atoms with van der Waals surface area (Å²) in [5, 5.41) is 0. The zero-order chi connectivity index (χ0) is 16.3. The third kappa shape index (κ3) is 3.96. The van der Waals surface area contributed by atoms with E-state index in [-0.39, 0.29) is 17.9 Å². The summed E-state index contributed by atoms with van der Waals surface area (Å²) < 4.78 is 17.0. The molecule has 3 unspecified atom stereocenters. The van der Waals surface area contributed by atoms with Crippen LogP contribution in [-0.4, -0.2) is 29.5 Å². The normalized spacial score (nSPS) is 23.8. The highest BCUT2D eigenvalue weighted by molar-refractivity contribution is 7.84. The maximum Gasteiger partial charge on any atom is 0.234 e. The summed E-state index contributed by atoms with van der Waals surface area (Å²) in [5.41, 5.74) is 7.70. The Labute approximate surface area is 133 Å². The quantitative estimate of drug-likeness (QED) is 0.888. The Morgan fingerprint density at radius 1 is 1.41 bits per heavy atom. The van der Waals surface area contributed by atoms with E-state index in [0.717, 1.165) is 16.0 Å². The van der Waals surface area contributed by atoms with Crippen molar-refractivity contribution in [2.75, 3.05) is 13.4 Å². The molecule has 2 N–H and O–H groups in total. The summed E-state index contributed by atoms with van der Waals surface area (Å²) in [5.74, 6) is 0.919. The molecule has 5 nitrogen and oxygen atoms in total. The van der Waals surface area contributed by atoms with Crippen LogP contribution in [0.2, 0.25) is 0 Å². The number of amides is 1. The van der Waals surface area contributed by atoms with E-state index in [1.807, 2.05) is 26.0 Å². The molecule has 1 aliphatic rings. The molecule has 1 aromatic carbocycles. The molecule has 0 aliphatic carbocycles. The molecule has 0 aromatic heterocycles. The van der Waals surface area contributed by atoms with Crippen molar-refractivity contribution in [3.63, 3.8) is 0 Å². The average molecular weight is 322 g/mol. The van der Waals surface area contributed by atoms with Gasteiger partial charge in [0, 0.05) is 34.4 Å². The number of allylic oxidation sites excluding steroid dienone is 1. The number of hydrazine groups is 1. The second-order valence-corrected chi connectivity index (χ2v) is 6.98. The smallest absolute Gasteiger partial charge is 0.234 e. The first-order valence-corrected chi connectivity index (χ1v) is 8.72. The Hall–Kier alpha value is -1.66. The highest BCUT2D eigenvalue weighted by Gasteiger charge is 2.23. The third-order valence-electron chi connectivity index (χ3n) is 3.83. The molecule has 0 saturated carbocycles. The van der Waals surface area contributed by atoms with Crippen molar-refractivity contribution in [3.8, 4) is 5.75 Å². The lowest BCUT2D eigenvalue weighted by atomic mass is 9.93. The molecule has 1 fully saturated rings. The van der Waals surface area contributed by atoms with E-state index in [9.17, 15) is 9.00 Å². The molecule has 0 spiro atoms. The Morgan fingerprint density at radius 3 is 2.73 bits per heavy atom. The van der Waals surface area contributed by atoms with Crippen LogP contribution in [0, 0.1) is 5.92 Å². The molecular weight excluding hydrogens is 300 g/mol. The fraction of sp³-hybridized carbons (Fsp3) is 0.438. The van der Waals surface area contributed by atoms with Gasteiger partial charge >= 0.3 is 0 Å². The molecule has 120 valence electrons. The molecule has 2 rings (SSSR count). The van der Waals surface area contributed by atoms with Gasteiger partial charge in [0.2, 0.25) is 5.91 Å². The first kappa shape index (κ1) is 16.7. The van der Waals surface area contributed by atoms with Gasteiger partial charge in [-0.25, -0.2) is 5.43 Å². The average Bonchev–Trinajstić information content (AvgIpc) is 2.49. The van der Waals surface area contributed by atoms with Crippen LogP contribution in [0.25, 0.3) is 5.57 Å². The standard InChI is InChI=1S/C16H22N2O3S/c1-10(5-15-11(2)6-16(19)18-17-15)12-7-13(21-3)9-14(8-12)22(4)20/h5,7-9,11,15,17H,6H2,1-4H3,(H,18,19)/b10-5+. The van der Waals surface area contributed by atoms with Gasteiger partial charge in [0.15, 0.2) is 0 Å². The van der Waals surface area contributed by atoms with E-state index in [4.69, 9.17) is 4.74 Å². The molecule has 0 bridgehead atoms. The number of carbonyl (C=O) groups is 1. The van der Waals surface area contributed by atoms with Gasteiger partial charge in [0.25, 0.3) is 0 Å². The molecule has 22 heavy (non-hydrogen) atoms. The Balaban J connectivity index is 2.30. The van der Waals surface area contributed by atoms with Gasteiger partial charge in [-0.15, -0.1) is 0 Å². The van der Waals surface area contributed by atoms with Crippen LogP contribution in [-0.2, 0) is 15.6 Å². The minimum Gasteiger partial charge on any atom is -0.497 e. The van der Waals surface area contributed by atoms with Gasteiger partial charge in [-0.2, -0.15) is 0 Å². The van der Waals surface area contributed by atoms with Gasteiger partial charge in [-0.1, -0.05) is 13.0 Å². The number of hydrogen-bond donors (Lipinski definition) is 2. The van der Waals surface area contributed by atoms with Gasteiger partial charge < -0.3 is 4.74 Å². The minimum absolute atomic E-state index is 0.0137. The lowest BCUT2D eigenvalue weighted by molar-refractivity contribution is -0.125. The van der Waals surface area contributed by atoms with Crippen molar-refractivity contribution in [1.82, 2.24) is 10.9 Å². The highest BCUT2D eigenvalue weighted by atomic mass is 32.2. The maximum absolute atomic E-state index is 11.7. The van der Waals surface area contributed by atoms with E-state index < -0.39 is 10.8 Å². The summed E-state index contributed by atoms with van der Waals surface area (Å²) in [6.45, 7) is 4.04. The zero-order valence-electron chi connectivity index (χ0n) is 13.3. The minimum atomic E-state index is -1.07. The SMILES string of the molecule is COc1cc(/C(C)=C/C2NNC(=O)CC2C)cc(S(C)=O)c1. The Morgan fingerprint density at radius 2 is 2.14 bits per heavy atom. The second-order valence-electron chi connectivity index (χ2n) is 5.60. The van der Waals surface area contributed by atoms with Crippen LogP contribution in [0.5, 0.6) is 5.75 Å². The van der Waals surface area contributed by atoms with Crippen molar-refractivity contribution in [1.29, 1.82) is 0 Å². The molecule has 1 amide bonds. The van der Waals surface area contributed by atoms with Gasteiger partial charge in [0.1, 0.15) is 5.75 Å². The van der Waals surface area contributed by atoms with Gasteiger partial charge in [0.05, 0.1) is 7.11 Å². The molecule has 1 aromatic rings. The second kappa shape index (κ2) is 7.07.